The highest BCUT2D eigenvalue weighted by atomic mass is 28.3. The predicted octanol–water partition coefficient (Wildman–Crippen LogP) is 6.57. The summed E-state index contributed by atoms with van der Waals surface area (Å²) in [5.41, 5.74) is -0.887. The zero-order valence-corrected chi connectivity index (χ0v) is 22.4. The van der Waals surface area contributed by atoms with Gasteiger partial charge in [-0.05, 0) is 59.7 Å². The number of aromatic nitrogens is 1. The summed E-state index contributed by atoms with van der Waals surface area (Å²) in [5.74, 6) is 1.83. The maximum absolute atomic E-state index is 13.5. The number of aryl methyl sites for hydroxylation is 1. The molecule has 10 heteroatoms. The molecule has 3 nitrogen and oxygen atoms in total. The van der Waals surface area contributed by atoms with E-state index in [-0.39, 0.29) is 34.9 Å². The molecule has 0 aliphatic rings. The number of nitrogens with zero attached hydrogens (tertiary/aromatic N) is 1. The van der Waals surface area contributed by atoms with Crippen molar-refractivity contribution in [2.75, 3.05) is 7.05 Å². The van der Waals surface area contributed by atoms with Crippen LogP contribution in [0.25, 0.3) is 11.1 Å². The van der Waals surface area contributed by atoms with Crippen molar-refractivity contribution >= 4 is 19.2 Å². The molecule has 0 aliphatic heterocycles. The van der Waals surface area contributed by atoms with Crippen molar-refractivity contribution < 1.29 is 31.1 Å². The SMILES string of the molecule is C#Cc1ncc(Cc2cc(C(F)(F)F)cc(C(F)(F)F)c2)c(-c2c(C)cccc2[Si](C)(C)C)c1C(=O)NC. The highest BCUT2D eigenvalue weighted by Gasteiger charge is 2.37. The fourth-order valence-electron chi connectivity index (χ4n) is 4.39. The fraction of sp³-hybridized carbons (Fsp3) is 0.286. The summed E-state index contributed by atoms with van der Waals surface area (Å²) in [6.45, 7) is 8.11. The summed E-state index contributed by atoms with van der Waals surface area (Å²) in [7, 11) is -0.670. The minimum Gasteiger partial charge on any atom is -0.355 e. The quantitative estimate of drug-likeness (QED) is 0.223. The third-order valence-electron chi connectivity index (χ3n) is 6.12. The molecule has 1 amide bonds. The summed E-state index contributed by atoms with van der Waals surface area (Å²) >= 11 is 0. The lowest BCUT2D eigenvalue weighted by Crippen LogP contribution is -2.40. The Morgan fingerprint density at radius 3 is 2.05 bits per heavy atom. The van der Waals surface area contributed by atoms with Crippen LogP contribution < -0.4 is 10.5 Å². The molecular formula is C28H26F6N2OSi. The summed E-state index contributed by atoms with van der Waals surface area (Å²) in [5, 5.41) is 3.49. The summed E-state index contributed by atoms with van der Waals surface area (Å²) < 4.78 is 81.1. The van der Waals surface area contributed by atoms with E-state index in [1.165, 1.54) is 13.2 Å². The van der Waals surface area contributed by atoms with Crippen LogP contribution in [0.3, 0.4) is 0 Å². The molecule has 2 aromatic carbocycles. The molecule has 0 saturated carbocycles. The molecule has 0 bridgehead atoms. The van der Waals surface area contributed by atoms with E-state index < -0.39 is 37.5 Å². The van der Waals surface area contributed by atoms with Crippen LogP contribution in [0.15, 0.2) is 42.6 Å². The van der Waals surface area contributed by atoms with E-state index in [2.05, 4.69) is 35.9 Å². The highest BCUT2D eigenvalue weighted by molar-refractivity contribution is 6.89. The number of rotatable bonds is 5. The Hall–Kier alpha value is -3.58. The Bertz CT molecular complexity index is 1400. The van der Waals surface area contributed by atoms with Crippen molar-refractivity contribution in [2.45, 2.75) is 45.3 Å². The van der Waals surface area contributed by atoms with E-state index in [9.17, 15) is 31.1 Å². The van der Waals surface area contributed by atoms with E-state index in [0.29, 0.717) is 23.3 Å². The first-order valence-electron chi connectivity index (χ1n) is 11.6. The number of amides is 1. The van der Waals surface area contributed by atoms with Crippen LogP contribution in [0.4, 0.5) is 26.3 Å². The number of alkyl halides is 6. The topological polar surface area (TPSA) is 42.0 Å². The molecule has 200 valence electrons. The van der Waals surface area contributed by atoms with Crippen molar-refractivity contribution in [3.8, 4) is 23.5 Å². The molecule has 0 saturated heterocycles. The maximum Gasteiger partial charge on any atom is 0.416 e. The molecule has 3 aromatic rings. The molecule has 0 aliphatic carbocycles. The average molecular weight is 549 g/mol. The van der Waals surface area contributed by atoms with Gasteiger partial charge in [-0.2, -0.15) is 26.3 Å². The Kier molecular flexibility index (Phi) is 7.85. The van der Waals surface area contributed by atoms with Gasteiger partial charge in [0.1, 0.15) is 5.69 Å². The van der Waals surface area contributed by atoms with Crippen molar-refractivity contribution in [3.05, 3.63) is 81.7 Å². The van der Waals surface area contributed by atoms with Crippen LogP contribution in [0.2, 0.25) is 19.6 Å². The Morgan fingerprint density at radius 2 is 1.58 bits per heavy atom. The molecule has 0 atom stereocenters. The molecule has 3 rings (SSSR count). The number of carbonyl (C=O) groups is 1. The number of terminal acetylenes is 1. The van der Waals surface area contributed by atoms with Crippen molar-refractivity contribution in [1.82, 2.24) is 10.3 Å². The molecule has 1 N–H and O–H groups in total. The van der Waals surface area contributed by atoms with E-state index in [1.807, 2.05) is 25.1 Å². The van der Waals surface area contributed by atoms with Gasteiger partial charge in [-0.25, -0.2) is 4.98 Å². The number of hydrogen-bond acceptors (Lipinski definition) is 2. The van der Waals surface area contributed by atoms with E-state index in [0.717, 1.165) is 10.8 Å². The molecule has 0 fully saturated rings. The lowest BCUT2D eigenvalue weighted by Gasteiger charge is -2.26. The van der Waals surface area contributed by atoms with Gasteiger partial charge in [0.2, 0.25) is 0 Å². The van der Waals surface area contributed by atoms with Crippen LogP contribution in [-0.2, 0) is 18.8 Å². The lowest BCUT2D eigenvalue weighted by molar-refractivity contribution is -0.143. The van der Waals surface area contributed by atoms with Crippen LogP contribution >= 0.6 is 0 Å². The van der Waals surface area contributed by atoms with E-state index >= 15 is 0 Å². The molecule has 0 radical (unpaired) electrons. The van der Waals surface area contributed by atoms with Crippen LogP contribution in [-0.4, -0.2) is 26.0 Å². The Morgan fingerprint density at radius 1 is 1.00 bits per heavy atom. The number of hydrogen-bond donors (Lipinski definition) is 1. The Balaban J connectivity index is 2.43. The summed E-state index contributed by atoms with van der Waals surface area (Å²) in [6.07, 6.45) is -3.34. The summed E-state index contributed by atoms with van der Waals surface area (Å²) in [4.78, 5) is 17.3. The average Bonchev–Trinajstić information content (AvgIpc) is 2.81. The van der Waals surface area contributed by atoms with Crippen LogP contribution in [0.1, 0.15) is 43.9 Å². The monoisotopic (exact) mass is 548 g/mol. The molecule has 0 unspecified atom stereocenters. The number of pyridine rings is 1. The number of benzene rings is 2. The number of halogens is 6. The van der Waals surface area contributed by atoms with E-state index in [4.69, 9.17) is 6.42 Å². The third-order valence-corrected chi connectivity index (χ3v) is 8.15. The second kappa shape index (κ2) is 10.3. The van der Waals surface area contributed by atoms with Gasteiger partial charge in [0.15, 0.2) is 0 Å². The first kappa shape index (κ1) is 29.0. The second-order valence-corrected chi connectivity index (χ2v) is 15.0. The third kappa shape index (κ3) is 5.94. The Labute approximate surface area is 218 Å². The van der Waals surface area contributed by atoms with Gasteiger partial charge in [0.05, 0.1) is 24.8 Å². The largest absolute Gasteiger partial charge is 0.416 e. The van der Waals surface area contributed by atoms with Crippen molar-refractivity contribution in [1.29, 1.82) is 0 Å². The van der Waals surface area contributed by atoms with Gasteiger partial charge < -0.3 is 5.32 Å². The minimum absolute atomic E-state index is 0.0212. The standard InChI is InChI=1S/C28H26F6N2OSi/c1-7-21-25(26(37)35-3)24(23-16(2)9-8-10-22(23)38(4,5)6)18(15-36-21)11-17-12-19(27(29,30)31)14-20(13-17)28(32,33)34/h1,8-10,12-15H,11H2,2-6H3,(H,35,37). The summed E-state index contributed by atoms with van der Waals surface area (Å²) in [6, 6.07) is 7.09. The zero-order chi connectivity index (χ0) is 28.6. The van der Waals surface area contributed by atoms with Gasteiger partial charge >= 0.3 is 12.4 Å². The second-order valence-electron chi connectivity index (χ2n) is 9.94. The molecule has 1 aromatic heterocycles. The first-order valence-corrected chi connectivity index (χ1v) is 15.1. The highest BCUT2D eigenvalue weighted by Crippen LogP contribution is 2.38. The minimum atomic E-state index is -4.99. The van der Waals surface area contributed by atoms with Gasteiger partial charge in [0.25, 0.3) is 5.91 Å². The van der Waals surface area contributed by atoms with Gasteiger partial charge in [-0.3, -0.25) is 4.79 Å². The normalized spacial score (nSPS) is 12.3. The molecule has 1 heterocycles. The molecule has 38 heavy (non-hydrogen) atoms. The van der Waals surface area contributed by atoms with Gasteiger partial charge in [0, 0.05) is 18.8 Å². The van der Waals surface area contributed by atoms with Crippen molar-refractivity contribution in [2.24, 2.45) is 0 Å². The van der Waals surface area contributed by atoms with Crippen LogP contribution in [0.5, 0.6) is 0 Å². The van der Waals surface area contributed by atoms with Gasteiger partial charge in [-0.1, -0.05) is 43.0 Å². The molecule has 0 spiro atoms. The van der Waals surface area contributed by atoms with Gasteiger partial charge in [-0.15, -0.1) is 6.42 Å². The zero-order valence-electron chi connectivity index (χ0n) is 21.4. The number of carbonyl (C=O) groups excluding carboxylic acids is 1. The van der Waals surface area contributed by atoms with E-state index in [1.54, 1.807) is 0 Å². The first-order chi connectivity index (χ1) is 17.5. The maximum atomic E-state index is 13.5. The predicted molar refractivity (Wildman–Crippen MR) is 138 cm³/mol. The fourth-order valence-corrected chi connectivity index (χ4v) is 6.06. The smallest absolute Gasteiger partial charge is 0.355 e. The van der Waals surface area contributed by atoms with Crippen LogP contribution in [0, 0.1) is 19.3 Å². The number of nitrogens with one attached hydrogen (secondary N) is 1. The molecular weight excluding hydrogens is 522 g/mol. The van der Waals surface area contributed by atoms with Crippen molar-refractivity contribution in [3.63, 3.8) is 0 Å². The lowest BCUT2D eigenvalue weighted by atomic mass is 9.88.